The number of anilines is 1. The molecule has 0 unspecified atom stereocenters. The third-order valence-corrected chi connectivity index (χ3v) is 3.56. The van der Waals surface area contributed by atoms with Gasteiger partial charge in [-0.1, -0.05) is 12.1 Å². The van der Waals surface area contributed by atoms with Crippen molar-refractivity contribution in [3.8, 4) is 0 Å². The molecule has 1 saturated carbocycles. The van der Waals surface area contributed by atoms with Crippen LogP contribution in [0.1, 0.15) is 25.3 Å². The maximum absolute atomic E-state index is 12.4. The first-order valence-electron chi connectivity index (χ1n) is 6.19. The number of carbonyl (C=O) groups is 1. The Hall–Kier alpha value is -2.11. The number of nitrogens with one attached hydrogen (secondary N) is 1. The van der Waals surface area contributed by atoms with Crippen LogP contribution < -0.4 is 11.1 Å². The Morgan fingerprint density at radius 3 is 2.79 bits per heavy atom. The van der Waals surface area contributed by atoms with Gasteiger partial charge in [-0.25, -0.2) is 0 Å². The molecule has 0 atom stereocenters. The molecule has 1 aromatic heterocycles. The van der Waals surface area contributed by atoms with E-state index in [2.05, 4.69) is 15.5 Å². The summed E-state index contributed by atoms with van der Waals surface area (Å²) in [5.74, 6) is 0.124. The van der Waals surface area contributed by atoms with Crippen LogP contribution in [-0.2, 0) is 4.79 Å². The maximum atomic E-state index is 12.4. The number of aryl methyl sites for hydroxylation is 1. The van der Waals surface area contributed by atoms with Crippen LogP contribution in [0.4, 0.5) is 5.69 Å². The van der Waals surface area contributed by atoms with E-state index in [4.69, 9.17) is 10.9 Å². The highest BCUT2D eigenvalue weighted by Gasteiger charge is 2.52. The Morgan fingerprint density at radius 1 is 1.58 bits per heavy atom. The van der Waals surface area contributed by atoms with Crippen molar-refractivity contribution < 1.29 is 10.0 Å². The molecule has 4 N–H and O–H groups in total. The van der Waals surface area contributed by atoms with E-state index in [-0.39, 0.29) is 11.7 Å². The first-order valence-corrected chi connectivity index (χ1v) is 6.19. The van der Waals surface area contributed by atoms with Crippen molar-refractivity contribution in [2.45, 2.75) is 26.7 Å². The lowest BCUT2D eigenvalue weighted by Crippen LogP contribution is -2.54. The number of carbonyl (C=O) groups excluding carboxylic acids is 1. The highest BCUT2D eigenvalue weighted by Crippen LogP contribution is 2.46. The number of amidine groups is 1. The van der Waals surface area contributed by atoms with Crippen LogP contribution >= 0.6 is 0 Å². The van der Waals surface area contributed by atoms with Gasteiger partial charge in [-0.2, -0.15) is 0 Å². The first-order chi connectivity index (χ1) is 8.98. The fourth-order valence-electron chi connectivity index (χ4n) is 2.61. The van der Waals surface area contributed by atoms with Crippen LogP contribution in [0.3, 0.4) is 0 Å². The van der Waals surface area contributed by atoms with E-state index in [1.165, 1.54) is 0 Å². The molecule has 6 heteroatoms. The minimum absolute atomic E-state index is 0.0243. The predicted octanol–water partition coefficient (Wildman–Crippen LogP) is 1.49. The van der Waals surface area contributed by atoms with Crippen LogP contribution in [-0.4, -0.2) is 21.9 Å². The zero-order chi connectivity index (χ0) is 14.0. The molecule has 1 fully saturated rings. The van der Waals surface area contributed by atoms with Crippen molar-refractivity contribution in [1.29, 1.82) is 0 Å². The number of oxime groups is 1. The van der Waals surface area contributed by atoms with Crippen molar-refractivity contribution in [3.05, 3.63) is 24.0 Å². The lowest BCUT2D eigenvalue weighted by atomic mass is 9.61. The van der Waals surface area contributed by atoms with E-state index < -0.39 is 5.41 Å². The Kier molecular flexibility index (Phi) is 3.42. The number of nitrogens with zero attached hydrogens (tertiary/aromatic N) is 2. The van der Waals surface area contributed by atoms with Gasteiger partial charge in [0.1, 0.15) is 5.41 Å². The van der Waals surface area contributed by atoms with Gasteiger partial charge in [0.15, 0.2) is 5.84 Å². The molecule has 1 heterocycles. The smallest absolute Gasteiger partial charge is 0.238 e. The van der Waals surface area contributed by atoms with Gasteiger partial charge in [0.05, 0.1) is 11.9 Å². The van der Waals surface area contributed by atoms with Crippen LogP contribution in [0, 0.1) is 18.3 Å². The van der Waals surface area contributed by atoms with Crippen LogP contribution in [0.5, 0.6) is 0 Å². The summed E-state index contributed by atoms with van der Waals surface area (Å²) in [6.45, 7) is 3.93. The molecule has 1 aliphatic carbocycles. The minimum atomic E-state index is -0.891. The van der Waals surface area contributed by atoms with Crippen LogP contribution in [0.25, 0.3) is 0 Å². The molecule has 0 spiro atoms. The Labute approximate surface area is 111 Å². The molecule has 19 heavy (non-hydrogen) atoms. The summed E-state index contributed by atoms with van der Waals surface area (Å²) >= 11 is 0. The van der Waals surface area contributed by atoms with E-state index in [0.29, 0.717) is 24.4 Å². The summed E-state index contributed by atoms with van der Waals surface area (Å²) in [6, 6.07) is 1.83. The highest BCUT2D eigenvalue weighted by molar-refractivity contribution is 6.12. The summed E-state index contributed by atoms with van der Waals surface area (Å²) in [5, 5.41) is 14.7. The second-order valence-corrected chi connectivity index (χ2v) is 5.29. The predicted molar refractivity (Wildman–Crippen MR) is 71.8 cm³/mol. The largest absolute Gasteiger partial charge is 0.409 e. The maximum Gasteiger partial charge on any atom is 0.238 e. The second-order valence-electron chi connectivity index (χ2n) is 5.29. The second kappa shape index (κ2) is 4.87. The van der Waals surface area contributed by atoms with Gasteiger partial charge in [0.2, 0.25) is 5.91 Å². The molecule has 0 aliphatic heterocycles. The average molecular weight is 262 g/mol. The lowest BCUT2D eigenvalue weighted by molar-refractivity contribution is -0.127. The van der Waals surface area contributed by atoms with Crippen LogP contribution in [0.15, 0.2) is 23.6 Å². The van der Waals surface area contributed by atoms with Crippen LogP contribution in [0.2, 0.25) is 0 Å². The van der Waals surface area contributed by atoms with E-state index in [1.807, 2.05) is 19.9 Å². The zero-order valence-corrected chi connectivity index (χ0v) is 11.1. The van der Waals surface area contributed by atoms with Gasteiger partial charge in [0.25, 0.3) is 0 Å². The SMILES string of the molecule is Cc1cncc(NC(=O)C2(/C(N)=N/O)CC(C)C2)c1. The van der Waals surface area contributed by atoms with E-state index in [9.17, 15) is 4.79 Å². The molecular formula is C13H18N4O2. The number of aromatic nitrogens is 1. The van der Waals surface area contributed by atoms with Gasteiger partial charge in [-0.3, -0.25) is 9.78 Å². The van der Waals surface area contributed by atoms with Crippen molar-refractivity contribution in [3.63, 3.8) is 0 Å². The Balaban J connectivity index is 2.18. The summed E-state index contributed by atoms with van der Waals surface area (Å²) < 4.78 is 0. The number of pyridine rings is 1. The van der Waals surface area contributed by atoms with E-state index in [0.717, 1.165) is 5.56 Å². The van der Waals surface area contributed by atoms with Gasteiger partial charge in [0, 0.05) is 6.20 Å². The zero-order valence-electron chi connectivity index (χ0n) is 11.1. The van der Waals surface area contributed by atoms with Crippen molar-refractivity contribution >= 4 is 17.4 Å². The molecule has 1 aliphatic rings. The molecule has 0 saturated heterocycles. The lowest BCUT2D eigenvalue weighted by Gasteiger charge is -2.43. The number of rotatable bonds is 3. The fraction of sp³-hybridized carbons (Fsp3) is 0.462. The number of amides is 1. The number of hydrogen-bond donors (Lipinski definition) is 3. The molecule has 102 valence electrons. The molecule has 6 nitrogen and oxygen atoms in total. The topological polar surface area (TPSA) is 101 Å². The average Bonchev–Trinajstić information content (AvgIpc) is 2.33. The molecule has 0 radical (unpaired) electrons. The van der Waals surface area contributed by atoms with Crippen molar-refractivity contribution in [2.24, 2.45) is 22.2 Å². The monoisotopic (exact) mass is 262 g/mol. The molecule has 1 aromatic rings. The van der Waals surface area contributed by atoms with E-state index in [1.54, 1.807) is 12.4 Å². The summed E-state index contributed by atoms with van der Waals surface area (Å²) in [4.78, 5) is 16.4. The minimum Gasteiger partial charge on any atom is -0.409 e. The van der Waals surface area contributed by atoms with Gasteiger partial charge < -0.3 is 16.3 Å². The normalized spacial score (nSPS) is 26.6. The molecule has 2 rings (SSSR count). The fourth-order valence-corrected chi connectivity index (χ4v) is 2.61. The number of hydrogen-bond acceptors (Lipinski definition) is 4. The molecule has 0 aromatic carbocycles. The quantitative estimate of drug-likeness (QED) is 0.332. The van der Waals surface area contributed by atoms with E-state index >= 15 is 0 Å². The Bertz CT molecular complexity index is 521. The molecular weight excluding hydrogens is 244 g/mol. The number of nitrogens with two attached hydrogens (primary N) is 1. The molecule has 1 amide bonds. The van der Waals surface area contributed by atoms with Gasteiger partial charge in [-0.05, 0) is 37.3 Å². The van der Waals surface area contributed by atoms with Crippen molar-refractivity contribution in [1.82, 2.24) is 4.98 Å². The summed E-state index contributed by atoms with van der Waals surface area (Å²) in [5.41, 5.74) is 6.37. The third-order valence-electron chi connectivity index (χ3n) is 3.56. The third kappa shape index (κ3) is 2.38. The highest BCUT2D eigenvalue weighted by atomic mass is 16.4. The summed E-state index contributed by atoms with van der Waals surface area (Å²) in [7, 11) is 0. The van der Waals surface area contributed by atoms with Gasteiger partial charge in [-0.15, -0.1) is 0 Å². The van der Waals surface area contributed by atoms with Crippen molar-refractivity contribution in [2.75, 3.05) is 5.32 Å². The standard InChI is InChI=1S/C13H18N4O2/c1-8-3-10(7-15-6-8)16-12(18)13(11(14)17-19)4-9(2)5-13/h3,6-7,9,19H,4-5H2,1-2H3,(H2,14,17)(H,16,18). The first kappa shape index (κ1) is 13.3. The summed E-state index contributed by atoms with van der Waals surface area (Å²) in [6.07, 6.45) is 4.47. The Morgan fingerprint density at radius 2 is 2.26 bits per heavy atom. The van der Waals surface area contributed by atoms with Gasteiger partial charge >= 0.3 is 0 Å². The molecule has 0 bridgehead atoms.